The molecule has 0 saturated carbocycles. The fourth-order valence-electron chi connectivity index (χ4n) is 1.50. The van der Waals surface area contributed by atoms with Crippen molar-refractivity contribution in [3.8, 4) is 0 Å². The highest BCUT2D eigenvalue weighted by Crippen LogP contribution is 2.19. The van der Waals surface area contributed by atoms with E-state index < -0.39 is 0 Å². The zero-order valence-corrected chi connectivity index (χ0v) is 7.25. The van der Waals surface area contributed by atoms with Gasteiger partial charge in [0.1, 0.15) is 0 Å². The summed E-state index contributed by atoms with van der Waals surface area (Å²) >= 11 is 0. The Labute approximate surface area is 79.6 Å². The zero-order chi connectivity index (χ0) is 9.38. The summed E-state index contributed by atoms with van der Waals surface area (Å²) in [7, 11) is 0. The van der Waals surface area contributed by atoms with Gasteiger partial charge in [-0.25, -0.2) is 9.97 Å². The molecule has 0 fully saturated rings. The van der Waals surface area contributed by atoms with Crippen molar-refractivity contribution in [2.75, 3.05) is 0 Å². The molecule has 0 saturated heterocycles. The van der Waals surface area contributed by atoms with E-state index in [2.05, 4.69) is 20.2 Å². The largest absolute Gasteiger partial charge is 0.237 e. The second kappa shape index (κ2) is 2.70. The van der Waals surface area contributed by atoms with Gasteiger partial charge in [-0.2, -0.15) is 10.2 Å². The average Bonchev–Trinajstić information content (AvgIpc) is 2.29. The van der Waals surface area contributed by atoms with Crippen LogP contribution in [-0.2, 0) is 0 Å². The number of fused-ring (bicyclic) bond motifs is 3. The molecule has 4 heteroatoms. The van der Waals surface area contributed by atoms with Crippen LogP contribution in [0.4, 0.5) is 0 Å². The molecule has 0 unspecified atom stereocenters. The molecule has 0 aromatic carbocycles. The fourth-order valence-corrected chi connectivity index (χ4v) is 1.50. The van der Waals surface area contributed by atoms with E-state index in [9.17, 15) is 0 Å². The molecule has 0 aliphatic rings. The minimum absolute atomic E-state index is 0.744. The average molecular weight is 182 g/mol. The van der Waals surface area contributed by atoms with Gasteiger partial charge in [-0.05, 0) is 12.1 Å². The van der Waals surface area contributed by atoms with Crippen LogP contribution in [0.3, 0.4) is 0 Å². The maximum absolute atomic E-state index is 4.23. The Bertz CT molecular complexity index is 551. The lowest BCUT2D eigenvalue weighted by molar-refractivity contribution is 1.05. The molecule has 14 heavy (non-hydrogen) atoms. The SMILES string of the molecule is c1cnc2ncc3cnncc3c2c1. The number of rotatable bonds is 0. The molecule has 0 N–H and O–H groups in total. The van der Waals surface area contributed by atoms with Crippen LogP contribution >= 0.6 is 0 Å². The lowest BCUT2D eigenvalue weighted by Crippen LogP contribution is -1.86. The standard InChI is InChI=1S/C10H6N4/c1-2-8-9-6-14-13-5-7(9)4-12-10(8)11-3-1/h1-6H. The van der Waals surface area contributed by atoms with E-state index in [0.29, 0.717) is 0 Å². The molecule has 3 aromatic heterocycles. The van der Waals surface area contributed by atoms with Crippen molar-refractivity contribution in [1.29, 1.82) is 0 Å². The summed E-state index contributed by atoms with van der Waals surface area (Å²) in [5, 5.41) is 10.7. The van der Waals surface area contributed by atoms with Gasteiger partial charge in [-0.3, -0.25) is 0 Å². The molecular formula is C10H6N4. The third-order valence-electron chi connectivity index (χ3n) is 2.16. The Balaban J connectivity index is 2.61. The van der Waals surface area contributed by atoms with Crippen molar-refractivity contribution in [1.82, 2.24) is 20.2 Å². The van der Waals surface area contributed by atoms with Crippen LogP contribution in [0.5, 0.6) is 0 Å². The zero-order valence-electron chi connectivity index (χ0n) is 7.25. The molecular weight excluding hydrogens is 176 g/mol. The minimum atomic E-state index is 0.744. The molecule has 0 aliphatic heterocycles. The van der Waals surface area contributed by atoms with Gasteiger partial charge >= 0.3 is 0 Å². The number of hydrogen-bond donors (Lipinski definition) is 0. The van der Waals surface area contributed by atoms with Crippen molar-refractivity contribution in [2.45, 2.75) is 0 Å². The first-order valence-electron chi connectivity index (χ1n) is 4.25. The van der Waals surface area contributed by atoms with E-state index >= 15 is 0 Å². The Kier molecular flexibility index (Phi) is 1.41. The summed E-state index contributed by atoms with van der Waals surface area (Å²) in [6.07, 6.45) is 6.94. The number of hydrogen-bond acceptors (Lipinski definition) is 4. The van der Waals surface area contributed by atoms with Gasteiger partial charge in [0.05, 0.1) is 12.4 Å². The second-order valence-electron chi connectivity index (χ2n) is 2.99. The molecule has 3 heterocycles. The number of pyridine rings is 2. The summed E-state index contributed by atoms with van der Waals surface area (Å²) in [5.74, 6) is 0. The second-order valence-corrected chi connectivity index (χ2v) is 2.99. The van der Waals surface area contributed by atoms with Crippen LogP contribution < -0.4 is 0 Å². The maximum atomic E-state index is 4.23. The highest BCUT2D eigenvalue weighted by atomic mass is 15.1. The van der Waals surface area contributed by atoms with Crippen molar-refractivity contribution >= 4 is 21.8 Å². The van der Waals surface area contributed by atoms with Gasteiger partial charge in [0.15, 0.2) is 5.65 Å². The lowest BCUT2D eigenvalue weighted by Gasteiger charge is -1.99. The van der Waals surface area contributed by atoms with Crippen molar-refractivity contribution in [3.63, 3.8) is 0 Å². The first-order valence-corrected chi connectivity index (χ1v) is 4.25. The molecule has 0 atom stereocenters. The Hall–Kier alpha value is -2.10. The lowest BCUT2D eigenvalue weighted by atomic mass is 10.2. The molecule has 0 bridgehead atoms. The van der Waals surface area contributed by atoms with Crippen molar-refractivity contribution in [3.05, 3.63) is 36.9 Å². The van der Waals surface area contributed by atoms with Crippen LogP contribution in [0.1, 0.15) is 0 Å². The van der Waals surface area contributed by atoms with Crippen LogP contribution in [0.25, 0.3) is 21.8 Å². The molecule has 0 amide bonds. The predicted octanol–water partition coefficient (Wildman–Crippen LogP) is 1.57. The topological polar surface area (TPSA) is 51.6 Å². The van der Waals surface area contributed by atoms with Gasteiger partial charge < -0.3 is 0 Å². The number of aromatic nitrogens is 4. The molecule has 66 valence electrons. The minimum Gasteiger partial charge on any atom is -0.237 e. The quantitative estimate of drug-likeness (QED) is 0.495. The maximum Gasteiger partial charge on any atom is 0.159 e. The van der Waals surface area contributed by atoms with Gasteiger partial charge in [0.2, 0.25) is 0 Å². The summed E-state index contributed by atoms with van der Waals surface area (Å²) in [6.45, 7) is 0. The van der Waals surface area contributed by atoms with E-state index in [1.807, 2.05) is 12.1 Å². The van der Waals surface area contributed by atoms with E-state index in [0.717, 1.165) is 21.8 Å². The summed E-state index contributed by atoms with van der Waals surface area (Å²) in [6, 6.07) is 3.88. The fraction of sp³-hybridized carbons (Fsp3) is 0. The van der Waals surface area contributed by atoms with Crippen molar-refractivity contribution in [2.24, 2.45) is 0 Å². The summed E-state index contributed by atoms with van der Waals surface area (Å²) in [5.41, 5.74) is 0.744. The Morgan fingerprint density at radius 3 is 2.79 bits per heavy atom. The van der Waals surface area contributed by atoms with Gasteiger partial charge in [-0.1, -0.05) is 0 Å². The first-order chi connectivity index (χ1) is 6.95. The van der Waals surface area contributed by atoms with E-state index in [1.54, 1.807) is 24.8 Å². The molecule has 3 rings (SSSR count). The highest BCUT2D eigenvalue weighted by molar-refractivity contribution is 6.03. The molecule has 3 aromatic rings. The van der Waals surface area contributed by atoms with Gasteiger partial charge in [-0.15, -0.1) is 0 Å². The van der Waals surface area contributed by atoms with E-state index in [4.69, 9.17) is 0 Å². The van der Waals surface area contributed by atoms with Gasteiger partial charge in [0, 0.05) is 28.6 Å². The molecule has 0 radical (unpaired) electrons. The van der Waals surface area contributed by atoms with E-state index in [1.165, 1.54) is 0 Å². The Morgan fingerprint density at radius 1 is 0.857 bits per heavy atom. The molecule has 4 nitrogen and oxygen atoms in total. The number of nitrogens with zero attached hydrogens (tertiary/aromatic N) is 4. The van der Waals surface area contributed by atoms with Crippen LogP contribution in [0.15, 0.2) is 36.9 Å². The van der Waals surface area contributed by atoms with Gasteiger partial charge in [0.25, 0.3) is 0 Å². The summed E-state index contributed by atoms with van der Waals surface area (Å²) in [4.78, 5) is 8.40. The highest BCUT2D eigenvalue weighted by Gasteiger charge is 2.00. The third-order valence-corrected chi connectivity index (χ3v) is 2.16. The van der Waals surface area contributed by atoms with E-state index in [-0.39, 0.29) is 0 Å². The van der Waals surface area contributed by atoms with Crippen LogP contribution in [0, 0.1) is 0 Å². The Morgan fingerprint density at radius 2 is 1.79 bits per heavy atom. The van der Waals surface area contributed by atoms with Crippen LogP contribution in [0.2, 0.25) is 0 Å². The summed E-state index contributed by atoms with van der Waals surface area (Å²) < 4.78 is 0. The van der Waals surface area contributed by atoms with Crippen LogP contribution in [-0.4, -0.2) is 20.2 Å². The molecule has 0 aliphatic carbocycles. The smallest absolute Gasteiger partial charge is 0.159 e. The van der Waals surface area contributed by atoms with Crippen molar-refractivity contribution < 1.29 is 0 Å². The third kappa shape index (κ3) is 0.939. The monoisotopic (exact) mass is 182 g/mol. The first kappa shape index (κ1) is 7.32. The normalized spacial score (nSPS) is 10.9. The predicted molar refractivity (Wildman–Crippen MR) is 52.6 cm³/mol. The molecule has 0 spiro atoms.